The number of carbonyl (C=O) groups excluding carboxylic acids is 1. The lowest BCUT2D eigenvalue weighted by atomic mass is 10.2. The zero-order valence-corrected chi connectivity index (χ0v) is 7.80. The maximum Gasteiger partial charge on any atom is 0.326 e. The Morgan fingerprint density at radius 2 is 2.17 bits per heavy atom. The minimum absolute atomic E-state index is 0.246. The van der Waals surface area contributed by atoms with Crippen LogP contribution < -0.4 is 5.32 Å². The zero-order chi connectivity index (χ0) is 9.56. The number of rotatable bonds is 5. The van der Waals surface area contributed by atoms with Gasteiger partial charge in [0.1, 0.15) is 6.04 Å². The Bertz CT molecular complexity index is 170. The minimum Gasteiger partial charge on any atom is -0.480 e. The lowest BCUT2D eigenvalue weighted by Crippen LogP contribution is -2.40. The van der Waals surface area contributed by atoms with Gasteiger partial charge in [-0.3, -0.25) is 4.79 Å². The Balaban J connectivity index is 3.95. The van der Waals surface area contributed by atoms with Crippen molar-refractivity contribution < 1.29 is 14.7 Å². The molecule has 0 radical (unpaired) electrons. The van der Waals surface area contributed by atoms with Crippen LogP contribution in [0.4, 0.5) is 0 Å². The molecule has 0 saturated carbocycles. The van der Waals surface area contributed by atoms with Gasteiger partial charge >= 0.3 is 5.97 Å². The summed E-state index contributed by atoms with van der Waals surface area (Å²) in [6.07, 6.45) is 0.653. The number of thiol groups is 1. The SMILES string of the molecule is CCC(=O)N[C@H](CCS)C(=O)O. The summed E-state index contributed by atoms with van der Waals surface area (Å²) in [5.41, 5.74) is 0. The van der Waals surface area contributed by atoms with Crippen LogP contribution >= 0.6 is 12.6 Å². The van der Waals surface area contributed by atoms with Crippen molar-refractivity contribution in [3.63, 3.8) is 0 Å². The van der Waals surface area contributed by atoms with Gasteiger partial charge in [-0.1, -0.05) is 6.92 Å². The molecule has 0 unspecified atom stereocenters. The molecule has 0 aliphatic carbocycles. The second kappa shape index (κ2) is 5.88. The Kier molecular flexibility index (Phi) is 5.53. The standard InChI is InChI=1S/C7H13NO3S/c1-2-6(9)8-5(3-4-12)7(10)11/h5,12H,2-4H2,1H3,(H,8,9)(H,10,11)/t5-/m1/s1. The van der Waals surface area contributed by atoms with Crippen molar-refractivity contribution in [2.45, 2.75) is 25.8 Å². The Labute approximate surface area is 76.8 Å². The van der Waals surface area contributed by atoms with Crippen molar-refractivity contribution in [2.24, 2.45) is 0 Å². The van der Waals surface area contributed by atoms with Crippen LogP contribution in [0.3, 0.4) is 0 Å². The molecule has 0 aromatic heterocycles. The predicted octanol–water partition coefficient (Wildman–Crippen LogP) is 0.286. The number of carbonyl (C=O) groups is 2. The first-order valence-corrected chi connectivity index (χ1v) is 4.38. The third kappa shape index (κ3) is 4.23. The van der Waals surface area contributed by atoms with Crippen molar-refractivity contribution in [2.75, 3.05) is 5.75 Å². The smallest absolute Gasteiger partial charge is 0.326 e. The van der Waals surface area contributed by atoms with Gasteiger partial charge in [0.2, 0.25) is 5.91 Å². The molecule has 5 heteroatoms. The van der Waals surface area contributed by atoms with E-state index in [2.05, 4.69) is 17.9 Å². The second-order valence-electron chi connectivity index (χ2n) is 2.32. The first kappa shape index (κ1) is 11.3. The van der Waals surface area contributed by atoms with Crippen molar-refractivity contribution in [1.82, 2.24) is 5.32 Å². The molecule has 0 fully saturated rings. The second-order valence-corrected chi connectivity index (χ2v) is 2.77. The highest BCUT2D eigenvalue weighted by Gasteiger charge is 2.17. The van der Waals surface area contributed by atoms with Gasteiger partial charge in [-0.15, -0.1) is 0 Å². The lowest BCUT2D eigenvalue weighted by molar-refractivity contribution is -0.141. The van der Waals surface area contributed by atoms with Crippen molar-refractivity contribution in [3.8, 4) is 0 Å². The molecule has 0 saturated heterocycles. The molecule has 0 aliphatic rings. The van der Waals surface area contributed by atoms with E-state index in [1.54, 1.807) is 6.92 Å². The van der Waals surface area contributed by atoms with Gasteiger partial charge in [0, 0.05) is 6.42 Å². The molecule has 0 aromatic carbocycles. The van der Waals surface area contributed by atoms with Crippen LogP contribution in [0.1, 0.15) is 19.8 Å². The molecule has 4 nitrogen and oxygen atoms in total. The van der Waals surface area contributed by atoms with E-state index in [1.165, 1.54) is 0 Å². The molecular formula is C7H13NO3S. The third-order valence-corrected chi connectivity index (χ3v) is 1.63. The molecule has 1 amide bonds. The van der Waals surface area contributed by atoms with E-state index in [1.807, 2.05) is 0 Å². The molecule has 0 bridgehead atoms. The normalized spacial score (nSPS) is 12.2. The van der Waals surface area contributed by atoms with Crippen molar-refractivity contribution in [3.05, 3.63) is 0 Å². The predicted molar refractivity (Wildman–Crippen MR) is 48.3 cm³/mol. The fraction of sp³-hybridized carbons (Fsp3) is 0.714. The van der Waals surface area contributed by atoms with E-state index >= 15 is 0 Å². The van der Waals surface area contributed by atoms with E-state index in [0.717, 1.165) is 0 Å². The van der Waals surface area contributed by atoms with Crippen LogP contribution in [0.2, 0.25) is 0 Å². The van der Waals surface area contributed by atoms with Crippen molar-refractivity contribution >= 4 is 24.5 Å². The number of amides is 1. The highest BCUT2D eigenvalue weighted by Crippen LogP contribution is 1.95. The van der Waals surface area contributed by atoms with E-state index < -0.39 is 12.0 Å². The fourth-order valence-corrected chi connectivity index (χ4v) is 0.941. The first-order valence-electron chi connectivity index (χ1n) is 3.74. The van der Waals surface area contributed by atoms with E-state index in [0.29, 0.717) is 18.6 Å². The number of carboxylic acids is 1. The number of hydrogen-bond acceptors (Lipinski definition) is 3. The molecule has 0 aromatic rings. The van der Waals surface area contributed by atoms with Crippen molar-refractivity contribution in [1.29, 1.82) is 0 Å². The summed E-state index contributed by atoms with van der Waals surface area (Å²) in [6.45, 7) is 1.68. The fourth-order valence-electron chi connectivity index (χ4n) is 0.683. The molecule has 0 heterocycles. The summed E-state index contributed by atoms with van der Waals surface area (Å²) in [5, 5.41) is 11.0. The third-order valence-electron chi connectivity index (χ3n) is 1.37. The molecule has 12 heavy (non-hydrogen) atoms. The highest BCUT2D eigenvalue weighted by molar-refractivity contribution is 7.80. The molecule has 70 valence electrons. The van der Waals surface area contributed by atoms with Crippen LogP contribution in [-0.2, 0) is 9.59 Å². The summed E-state index contributed by atoms with van der Waals surface area (Å²) < 4.78 is 0. The lowest BCUT2D eigenvalue weighted by Gasteiger charge is -2.11. The molecule has 2 N–H and O–H groups in total. The summed E-state index contributed by atoms with van der Waals surface area (Å²) in [7, 11) is 0. The Hall–Kier alpha value is -0.710. The van der Waals surface area contributed by atoms with Crippen LogP contribution in [0.25, 0.3) is 0 Å². The summed E-state index contributed by atoms with van der Waals surface area (Å²) in [5.74, 6) is -0.809. The summed E-state index contributed by atoms with van der Waals surface area (Å²) in [6, 6.07) is -0.796. The van der Waals surface area contributed by atoms with Gasteiger partial charge in [-0.25, -0.2) is 4.79 Å². The minimum atomic E-state index is -1.01. The highest BCUT2D eigenvalue weighted by atomic mass is 32.1. The van der Waals surface area contributed by atoms with Gasteiger partial charge in [-0.05, 0) is 12.2 Å². The number of carboxylic acid groups (broad SMARTS) is 1. The van der Waals surface area contributed by atoms with Gasteiger partial charge in [-0.2, -0.15) is 12.6 Å². The van der Waals surface area contributed by atoms with Gasteiger partial charge < -0.3 is 10.4 Å². The average Bonchev–Trinajstić information content (AvgIpc) is 2.03. The van der Waals surface area contributed by atoms with Crippen LogP contribution in [0.15, 0.2) is 0 Å². The summed E-state index contributed by atoms with van der Waals surface area (Å²) >= 11 is 3.89. The maximum absolute atomic E-state index is 10.8. The average molecular weight is 191 g/mol. The van der Waals surface area contributed by atoms with Crippen LogP contribution in [0, 0.1) is 0 Å². The molecule has 0 rings (SSSR count). The number of aliphatic carboxylic acids is 1. The molecular weight excluding hydrogens is 178 g/mol. The quantitative estimate of drug-likeness (QED) is 0.547. The Morgan fingerprint density at radius 1 is 1.58 bits per heavy atom. The van der Waals surface area contributed by atoms with Gasteiger partial charge in [0.15, 0.2) is 0 Å². The largest absolute Gasteiger partial charge is 0.480 e. The van der Waals surface area contributed by atoms with E-state index in [4.69, 9.17) is 5.11 Å². The molecule has 1 atom stereocenters. The van der Waals surface area contributed by atoms with Gasteiger partial charge in [0.25, 0.3) is 0 Å². The van der Waals surface area contributed by atoms with E-state index in [-0.39, 0.29) is 5.91 Å². The molecule has 0 spiro atoms. The summed E-state index contributed by atoms with van der Waals surface area (Å²) in [4.78, 5) is 21.3. The number of hydrogen-bond donors (Lipinski definition) is 3. The van der Waals surface area contributed by atoms with E-state index in [9.17, 15) is 9.59 Å². The molecule has 0 aliphatic heterocycles. The van der Waals surface area contributed by atoms with Crippen LogP contribution in [-0.4, -0.2) is 28.8 Å². The van der Waals surface area contributed by atoms with Crippen LogP contribution in [0.5, 0.6) is 0 Å². The number of nitrogens with one attached hydrogen (secondary N) is 1. The monoisotopic (exact) mass is 191 g/mol. The zero-order valence-electron chi connectivity index (χ0n) is 6.91. The van der Waals surface area contributed by atoms with Gasteiger partial charge in [0.05, 0.1) is 0 Å². The maximum atomic E-state index is 10.8. The topological polar surface area (TPSA) is 66.4 Å². The Morgan fingerprint density at radius 3 is 2.50 bits per heavy atom. The first-order chi connectivity index (χ1) is 5.61.